The van der Waals surface area contributed by atoms with Crippen LogP contribution in [0.25, 0.3) is 0 Å². The Labute approximate surface area is 155 Å². The molecule has 0 aliphatic carbocycles. The highest BCUT2D eigenvalue weighted by Crippen LogP contribution is 2.26. The van der Waals surface area contributed by atoms with Gasteiger partial charge < -0.3 is 0 Å². The van der Waals surface area contributed by atoms with Crippen molar-refractivity contribution in [1.29, 1.82) is 0 Å². The van der Waals surface area contributed by atoms with Gasteiger partial charge in [0.1, 0.15) is 0 Å². The Hall–Kier alpha value is -1.49. The zero-order chi connectivity index (χ0) is 17.1. The Morgan fingerprint density at radius 2 is 2.04 bits per heavy atom. The normalized spacial score (nSPS) is 14.0. The van der Waals surface area contributed by atoms with E-state index in [2.05, 4.69) is 24.0 Å². The van der Waals surface area contributed by atoms with Gasteiger partial charge in [-0.05, 0) is 36.2 Å². The molecule has 1 heterocycles. The smallest absolute Gasteiger partial charge is 0.261 e. The summed E-state index contributed by atoms with van der Waals surface area (Å²) in [5, 5.41) is 1.62. The fourth-order valence-corrected chi connectivity index (χ4v) is 4.07. The molecule has 2 aromatic rings. The Morgan fingerprint density at radius 3 is 2.79 bits per heavy atom. The number of hydrogen-bond acceptors (Lipinski definition) is 3. The molecule has 0 atom stereocenters. The van der Waals surface area contributed by atoms with Crippen LogP contribution in [0.3, 0.4) is 0 Å². The van der Waals surface area contributed by atoms with E-state index in [1.807, 2.05) is 12.1 Å². The predicted molar refractivity (Wildman–Crippen MR) is 102 cm³/mol. The van der Waals surface area contributed by atoms with E-state index in [4.69, 9.17) is 23.2 Å². The van der Waals surface area contributed by atoms with E-state index in [9.17, 15) is 4.79 Å². The number of carbonyl (C=O) groups is 1. The molecule has 24 heavy (non-hydrogen) atoms. The molecule has 124 valence electrons. The third-order valence-corrected chi connectivity index (χ3v) is 5.44. The Balaban J connectivity index is 1.73. The summed E-state index contributed by atoms with van der Waals surface area (Å²) in [6.07, 6.45) is 0. The zero-order valence-electron chi connectivity index (χ0n) is 13.1. The number of aryl methyl sites for hydroxylation is 1. The highest BCUT2D eigenvalue weighted by atomic mass is 35.5. The van der Waals surface area contributed by atoms with E-state index in [-0.39, 0.29) is 5.91 Å². The first kappa shape index (κ1) is 17.3. The van der Waals surface area contributed by atoms with Crippen molar-refractivity contribution in [2.24, 2.45) is 4.99 Å². The highest BCUT2D eigenvalue weighted by molar-refractivity contribution is 8.13. The third kappa shape index (κ3) is 3.77. The van der Waals surface area contributed by atoms with Gasteiger partial charge in [-0.25, -0.2) is 0 Å². The number of thioether (sulfide) groups is 1. The van der Waals surface area contributed by atoms with Crippen LogP contribution in [0.15, 0.2) is 47.5 Å². The highest BCUT2D eigenvalue weighted by Gasteiger charge is 2.26. The molecule has 2 aromatic carbocycles. The molecule has 1 aliphatic heterocycles. The molecule has 0 saturated carbocycles. The number of carbonyl (C=O) groups excluding carboxylic acids is 1. The Kier molecular flexibility index (Phi) is 5.49. The van der Waals surface area contributed by atoms with Crippen molar-refractivity contribution in [2.45, 2.75) is 12.7 Å². The van der Waals surface area contributed by atoms with Gasteiger partial charge in [-0.15, -0.1) is 0 Å². The maximum Gasteiger partial charge on any atom is 0.261 e. The number of hydrogen-bond donors (Lipinski definition) is 0. The quantitative estimate of drug-likeness (QED) is 0.748. The summed E-state index contributed by atoms with van der Waals surface area (Å²) >= 11 is 13.6. The van der Waals surface area contributed by atoms with Crippen molar-refractivity contribution >= 4 is 46.0 Å². The summed E-state index contributed by atoms with van der Waals surface area (Å²) in [5.41, 5.74) is 2.93. The van der Waals surface area contributed by atoms with E-state index in [1.165, 1.54) is 11.1 Å². The Morgan fingerprint density at radius 1 is 1.25 bits per heavy atom. The second-order valence-corrected chi connectivity index (χ2v) is 7.25. The fourth-order valence-electron chi connectivity index (χ4n) is 2.46. The average molecular weight is 379 g/mol. The molecule has 0 fully saturated rings. The first-order valence-corrected chi connectivity index (χ1v) is 9.29. The van der Waals surface area contributed by atoms with E-state index in [0.717, 1.165) is 10.9 Å². The maximum atomic E-state index is 12.8. The summed E-state index contributed by atoms with van der Waals surface area (Å²) in [4.78, 5) is 18.9. The van der Waals surface area contributed by atoms with Crippen LogP contribution in [0.1, 0.15) is 21.5 Å². The molecule has 3 rings (SSSR count). The minimum atomic E-state index is -0.134. The van der Waals surface area contributed by atoms with Gasteiger partial charge in [0.2, 0.25) is 0 Å². The molecule has 0 spiro atoms. The number of halogens is 2. The average Bonchev–Trinajstić information content (AvgIpc) is 3.02. The molecule has 0 unspecified atom stereocenters. The first-order chi connectivity index (χ1) is 11.6. The summed E-state index contributed by atoms with van der Waals surface area (Å²) in [7, 11) is 0. The number of amidine groups is 1. The van der Waals surface area contributed by atoms with Gasteiger partial charge in [-0.1, -0.05) is 59.2 Å². The molecule has 0 radical (unpaired) electrons. The lowest BCUT2D eigenvalue weighted by atomic mass is 10.1. The standard InChI is InChI=1S/C18H16Cl2N2OS/c1-12-4-2-3-5-13(12)11-24-18-21-8-9-22(18)17(23)15-7-6-14(19)10-16(15)20/h2-7,10H,8-9,11H2,1H3. The molecule has 1 amide bonds. The number of rotatable bonds is 3. The summed E-state index contributed by atoms with van der Waals surface area (Å²) in [6.45, 7) is 3.28. The van der Waals surface area contributed by atoms with Gasteiger partial charge >= 0.3 is 0 Å². The summed E-state index contributed by atoms with van der Waals surface area (Å²) in [5.74, 6) is 0.647. The van der Waals surface area contributed by atoms with Gasteiger partial charge in [0, 0.05) is 17.3 Å². The second-order valence-electron chi connectivity index (χ2n) is 5.46. The van der Waals surface area contributed by atoms with E-state index in [1.54, 1.807) is 34.9 Å². The number of aliphatic imine (C=N–C) groups is 1. The van der Waals surface area contributed by atoms with Crippen molar-refractivity contribution in [3.63, 3.8) is 0 Å². The molecule has 1 aliphatic rings. The lowest BCUT2D eigenvalue weighted by Crippen LogP contribution is -2.33. The first-order valence-electron chi connectivity index (χ1n) is 7.55. The molecule has 0 bridgehead atoms. The molecule has 0 saturated heterocycles. The minimum Gasteiger partial charge on any atom is -0.286 e. The maximum absolute atomic E-state index is 12.8. The lowest BCUT2D eigenvalue weighted by molar-refractivity contribution is 0.0861. The van der Waals surface area contributed by atoms with Crippen molar-refractivity contribution in [3.05, 3.63) is 69.2 Å². The van der Waals surface area contributed by atoms with Crippen molar-refractivity contribution < 1.29 is 4.79 Å². The van der Waals surface area contributed by atoms with Crippen LogP contribution in [0.4, 0.5) is 0 Å². The molecular weight excluding hydrogens is 363 g/mol. The molecule has 0 aromatic heterocycles. The largest absolute Gasteiger partial charge is 0.286 e. The van der Waals surface area contributed by atoms with Crippen molar-refractivity contribution in [3.8, 4) is 0 Å². The van der Waals surface area contributed by atoms with Crippen molar-refractivity contribution in [2.75, 3.05) is 13.1 Å². The third-order valence-electron chi connectivity index (χ3n) is 3.83. The number of nitrogens with zero attached hydrogens (tertiary/aromatic N) is 2. The minimum absolute atomic E-state index is 0.134. The van der Waals surface area contributed by atoms with E-state index < -0.39 is 0 Å². The van der Waals surface area contributed by atoms with Crippen LogP contribution < -0.4 is 0 Å². The van der Waals surface area contributed by atoms with Crippen LogP contribution >= 0.6 is 35.0 Å². The van der Waals surface area contributed by atoms with Gasteiger partial charge in [-0.3, -0.25) is 14.7 Å². The second kappa shape index (κ2) is 7.60. The van der Waals surface area contributed by atoms with E-state index in [0.29, 0.717) is 28.7 Å². The topological polar surface area (TPSA) is 32.7 Å². The van der Waals surface area contributed by atoms with E-state index >= 15 is 0 Å². The van der Waals surface area contributed by atoms with Crippen LogP contribution in [0.5, 0.6) is 0 Å². The van der Waals surface area contributed by atoms with Crippen LogP contribution in [0.2, 0.25) is 10.0 Å². The SMILES string of the molecule is Cc1ccccc1CSC1=NCCN1C(=O)c1ccc(Cl)cc1Cl. The zero-order valence-corrected chi connectivity index (χ0v) is 15.5. The molecular formula is C18H16Cl2N2OS. The molecule has 0 N–H and O–H groups in total. The van der Waals surface area contributed by atoms with Gasteiger partial charge in [0.05, 0.1) is 17.1 Å². The summed E-state index contributed by atoms with van der Waals surface area (Å²) < 4.78 is 0. The van der Waals surface area contributed by atoms with Crippen LogP contribution in [-0.4, -0.2) is 29.1 Å². The fraction of sp³-hybridized carbons (Fsp3) is 0.222. The number of amides is 1. The van der Waals surface area contributed by atoms with Gasteiger partial charge in [-0.2, -0.15) is 0 Å². The molecule has 6 heteroatoms. The van der Waals surface area contributed by atoms with Gasteiger partial charge in [0.25, 0.3) is 5.91 Å². The van der Waals surface area contributed by atoms with Crippen LogP contribution in [-0.2, 0) is 5.75 Å². The number of benzene rings is 2. The monoisotopic (exact) mass is 378 g/mol. The van der Waals surface area contributed by atoms with Crippen molar-refractivity contribution in [1.82, 2.24) is 4.90 Å². The van der Waals surface area contributed by atoms with Gasteiger partial charge in [0.15, 0.2) is 5.17 Å². The predicted octanol–water partition coefficient (Wildman–Crippen LogP) is 5.05. The summed E-state index contributed by atoms with van der Waals surface area (Å²) in [6, 6.07) is 13.2. The molecule has 3 nitrogen and oxygen atoms in total. The lowest BCUT2D eigenvalue weighted by Gasteiger charge is -2.19. The Bertz CT molecular complexity index is 807. The van der Waals surface area contributed by atoms with Crippen LogP contribution in [0, 0.1) is 6.92 Å².